The van der Waals surface area contributed by atoms with Gasteiger partial charge >= 0.3 is 5.97 Å². The van der Waals surface area contributed by atoms with E-state index in [9.17, 15) is 4.79 Å². The van der Waals surface area contributed by atoms with Crippen molar-refractivity contribution in [1.82, 2.24) is 9.78 Å². The second kappa shape index (κ2) is 4.28. The standard InChI is InChI=1S/C12H18N2O2/c1-8(2)14-7-10-4-3-9(6-12(15)16)5-11(10)13-14/h7-9H,3-6H2,1-2H3,(H,15,16). The lowest BCUT2D eigenvalue weighted by Crippen LogP contribution is -2.17. The summed E-state index contributed by atoms with van der Waals surface area (Å²) in [5.74, 6) is -0.433. The van der Waals surface area contributed by atoms with Gasteiger partial charge < -0.3 is 5.11 Å². The zero-order chi connectivity index (χ0) is 11.7. The van der Waals surface area contributed by atoms with Crippen LogP contribution in [0.4, 0.5) is 0 Å². The summed E-state index contributed by atoms with van der Waals surface area (Å²) < 4.78 is 1.98. The van der Waals surface area contributed by atoms with Gasteiger partial charge in [0.1, 0.15) is 0 Å². The summed E-state index contributed by atoms with van der Waals surface area (Å²) in [6.45, 7) is 4.21. The number of rotatable bonds is 3. The molecule has 1 aliphatic rings. The Balaban J connectivity index is 2.11. The molecular formula is C12H18N2O2. The molecule has 0 bridgehead atoms. The van der Waals surface area contributed by atoms with Gasteiger partial charge in [0.15, 0.2) is 0 Å². The molecular weight excluding hydrogens is 204 g/mol. The maximum Gasteiger partial charge on any atom is 0.303 e. The summed E-state index contributed by atoms with van der Waals surface area (Å²) in [4.78, 5) is 10.7. The lowest BCUT2D eigenvalue weighted by molar-refractivity contribution is -0.138. The molecule has 1 aromatic heterocycles. The first-order valence-corrected chi connectivity index (χ1v) is 5.85. The molecule has 0 amide bonds. The first-order chi connectivity index (χ1) is 7.56. The fraction of sp³-hybridized carbons (Fsp3) is 0.667. The van der Waals surface area contributed by atoms with Crippen molar-refractivity contribution in [2.75, 3.05) is 0 Å². The lowest BCUT2D eigenvalue weighted by Gasteiger charge is -2.18. The summed E-state index contributed by atoms with van der Waals surface area (Å²) >= 11 is 0. The third-order valence-corrected chi connectivity index (χ3v) is 3.19. The molecule has 88 valence electrons. The monoisotopic (exact) mass is 222 g/mol. The van der Waals surface area contributed by atoms with E-state index in [1.54, 1.807) is 0 Å². The molecule has 1 aliphatic carbocycles. The minimum Gasteiger partial charge on any atom is -0.481 e. The Morgan fingerprint density at radius 1 is 1.69 bits per heavy atom. The van der Waals surface area contributed by atoms with E-state index in [1.807, 2.05) is 4.68 Å². The number of aromatic nitrogens is 2. The number of aliphatic carboxylic acids is 1. The molecule has 0 radical (unpaired) electrons. The molecule has 1 atom stereocenters. The number of hydrogen-bond donors (Lipinski definition) is 1. The Morgan fingerprint density at radius 2 is 2.44 bits per heavy atom. The van der Waals surface area contributed by atoms with Crippen LogP contribution in [0.15, 0.2) is 6.20 Å². The molecule has 0 aliphatic heterocycles. The van der Waals surface area contributed by atoms with Crippen LogP contribution in [-0.2, 0) is 17.6 Å². The van der Waals surface area contributed by atoms with Crippen molar-refractivity contribution in [3.05, 3.63) is 17.5 Å². The molecule has 4 heteroatoms. The highest BCUT2D eigenvalue weighted by Crippen LogP contribution is 2.27. The lowest BCUT2D eigenvalue weighted by atomic mass is 9.86. The van der Waals surface area contributed by atoms with Crippen molar-refractivity contribution in [3.63, 3.8) is 0 Å². The van der Waals surface area contributed by atoms with Crippen molar-refractivity contribution in [3.8, 4) is 0 Å². The first kappa shape index (κ1) is 11.2. The van der Waals surface area contributed by atoms with Gasteiger partial charge in [0.25, 0.3) is 0 Å². The fourth-order valence-corrected chi connectivity index (χ4v) is 2.27. The van der Waals surface area contributed by atoms with Crippen LogP contribution < -0.4 is 0 Å². The van der Waals surface area contributed by atoms with E-state index >= 15 is 0 Å². The highest BCUT2D eigenvalue weighted by atomic mass is 16.4. The molecule has 0 aromatic carbocycles. The number of carboxylic acids is 1. The highest BCUT2D eigenvalue weighted by molar-refractivity contribution is 5.67. The van der Waals surface area contributed by atoms with Crippen molar-refractivity contribution < 1.29 is 9.90 Å². The Hall–Kier alpha value is -1.32. The number of carboxylic acid groups (broad SMARTS) is 1. The van der Waals surface area contributed by atoms with E-state index < -0.39 is 5.97 Å². The average molecular weight is 222 g/mol. The maximum absolute atomic E-state index is 10.7. The van der Waals surface area contributed by atoms with Crippen molar-refractivity contribution >= 4 is 5.97 Å². The van der Waals surface area contributed by atoms with E-state index in [-0.39, 0.29) is 12.3 Å². The average Bonchev–Trinajstić information content (AvgIpc) is 2.59. The molecule has 4 nitrogen and oxygen atoms in total. The van der Waals surface area contributed by atoms with Crippen molar-refractivity contribution in [1.29, 1.82) is 0 Å². The van der Waals surface area contributed by atoms with Crippen LogP contribution >= 0.6 is 0 Å². The first-order valence-electron chi connectivity index (χ1n) is 5.85. The fourth-order valence-electron chi connectivity index (χ4n) is 2.27. The number of aryl methyl sites for hydroxylation is 1. The molecule has 1 aromatic rings. The SMILES string of the molecule is CC(C)n1cc2c(n1)CC(CC(=O)O)CC2. The zero-order valence-electron chi connectivity index (χ0n) is 9.81. The second-order valence-corrected chi connectivity index (χ2v) is 4.88. The predicted octanol–water partition coefficient (Wildman–Crippen LogP) is 2.04. The van der Waals surface area contributed by atoms with E-state index in [0.717, 1.165) is 25.0 Å². The molecule has 1 heterocycles. The summed E-state index contributed by atoms with van der Waals surface area (Å²) in [7, 11) is 0. The molecule has 0 saturated heterocycles. The van der Waals surface area contributed by atoms with Crippen LogP contribution in [0, 0.1) is 5.92 Å². The summed E-state index contributed by atoms with van der Waals surface area (Å²) in [6, 6.07) is 0.378. The normalized spacial score (nSPS) is 19.8. The highest BCUT2D eigenvalue weighted by Gasteiger charge is 2.23. The number of nitrogens with zero attached hydrogens (tertiary/aromatic N) is 2. The molecule has 16 heavy (non-hydrogen) atoms. The van der Waals surface area contributed by atoms with Crippen LogP contribution in [0.5, 0.6) is 0 Å². The van der Waals surface area contributed by atoms with Crippen molar-refractivity contribution in [2.24, 2.45) is 5.92 Å². The second-order valence-electron chi connectivity index (χ2n) is 4.88. The van der Waals surface area contributed by atoms with Gasteiger partial charge in [-0.25, -0.2) is 0 Å². The summed E-state index contributed by atoms with van der Waals surface area (Å²) in [5, 5.41) is 13.3. The Labute approximate surface area is 95.3 Å². The molecule has 0 spiro atoms. The van der Waals surface area contributed by atoms with Gasteiger partial charge in [-0.15, -0.1) is 0 Å². The smallest absolute Gasteiger partial charge is 0.303 e. The zero-order valence-corrected chi connectivity index (χ0v) is 9.81. The Bertz CT molecular complexity index is 396. The maximum atomic E-state index is 10.7. The van der Waals surface area contributed by atoms with Crippen LogP contribution in [0.2, 0.25) is 0 Å². The molecule has 2 rings (SSSR count). The molecule has 1 N–H and O–H groups in total. The van der Waals surface area contributed by atoms with Crippen LogP contribution in [0.25, 0.3) is 0 Å². The van der Waals surface area contributed by atoms with Gasteiger partial charge in [-0.3, -0.25) is 9.48 Å². The van der Waals surface area contributed by atoms with Crippen LogP contribution in [-0.4, -0.2) is 20.9 Å². The summed E-state index contributed by atoms with van der Waals surface area (Å²) in [5.41, 5.74) is 2.40. The van der Waals surface area contributed by atoms with Crippen molar-refractivity contribution in [2.45, 2.75) is 45.6 Å². The number of carbonyl (C=O) groups is 1. The van der Waals surface area contributed by atoms with Gasteiger partial charge in [0.2, 0.25) is 0 Å². The van der Waals surface area contributed by atoms with Crippen LogP contribution in [0.1, 0.15) is 44.0 Å². The summed E-state index contributed by atoms with van der Waals surface area (Å²) in [6.07, 6.45) is 5.15. The van der Waals surface area contributed by atoms with E-state index in [0.29, 0.717) is 6.04 Å². The minimum atomic E-state index is -0.697. The number of fused-ring (bicyclic) bond motifs is 1. The van der Waals surface area contributed by atoms with Crippen LogP contribution in [0.3, 0.4) is 0 Å². The van der Waals surface area contributed by atoms with E-state index in [2.05, 4.69) is 25.1 Å². The van der Waals surface area contributed by atoms with E-state index in [1.165, 1.54) is 5.56 Å². The topological polar surface area (TPSA) is 55.1 Å². The molecule has 0 fully saturated rings. The van der Waals surface area contributed by atoms with Gasteiger partial charge in [0, 0.05) is 18.7 Å². The minimum absolute atomic E-state index is 0.264. The number of hydrogen-bond acceptors (Lipinski definition) is 2. The quantitative estimate of drug-likeness (QED) is 0.851. The molecule has 1 unspecified atom stereocenters. The van der Waals surface area contributed by atoms with Gasteiger partial charge in [-0.1, -0.05) is 0 Å². The Kier molecular flexibility index (Phi) is 2.99. The largest absolute Gasteiger partial charge is 0.481 e. The van der Waals surface area contributed by atoms with Gasteiger partial charge in [0.05, 0.1) is 5.69 Å². The third kappa shape index (κ3) is 2.26. The van der Waals surface area contributed by atoms with E-state index in [4.69, 9.17) is 5.11 Å². The predicted molar refractivity (Wildman–Crippen MR) is 60.4 cm³/mol. The Morgan fingerprint density at radius 3 is 3.06 bits per heavy atom. The van der Waals surface area contributed by atoms with Gasteiger partial charge in [-0.2, -0.15) is 5.10 Å². The third-order valence-electron chi connectivity index (χ3n) is 3.19. The van der Waals surface area contributed by atoms with Gasteiger partial charge in [-0.05, 0) is 44.6 Å². The molecule has 0 saturated carbocycles.